The fourth-order valence-corrected chi connectivity index (χ4v) is 19.0. The van der Waals surface area contributed by atoms with Gasteiger partial charge < -0.3 is 19.1 Å². The molecule has 0 saturated heterocycles. The maximum atomic E-state index is 12.5. The lowest BCUT2D eigenvalue weighted by Crippen LogP contribution is -2.69. The van der Waals surface area contributed by atoms with Crippen molar-refractivity contribution < 1.29 is 19.1 Å². The molecule has 50 heavy (non-hydrogen) atoms. The molecular weight excluding hydrogens is 665 g/mol. The standard InChI is InChI=1S/C43H60O4Si3/c1-11-41(48(8,9)10)38(44)32-40(47-50(43(5,6)7,36-28-20-14-21-29-36)37-30-22-15-23-31-37)39(45)33-46-49(42(2,3)4,34-24-16-12-17-25-34)35-26-18-13-19-27-35/h11-31,38-40,44-45H,32-33H2,1-10H3/b41-11-/t38-,39-,40+/m1/s1. The molecular formula is C43H60O4Si3. The van der Waals surface area contributed by atoms with Crippen molar-refractivity contribution in [3.8, 4) is 0 Å². The number of hydrogen-bond donors (Lipinski definition) is 2. The molecule has 0 aromatic heterocycles. The van der Waals surface area contributed by atoms with Crippen LogP contribution in [0.3, 0.4) is 0 Å². The lowest BCUT2D eigenvalue weighted by molar-refractivity contribution is -0.0194. The first-order valence-electron chi connectivity index (χ1n) is 18.1. The molecule has 7 heteroatoms. The van der Waals surface area contributed by atoms with Crippen molar-refractivity contribution in [1.29, 1.82) is 0 Å². The number of aliphatic hydroxyl groups excluding tert-OH is 2. The highest BCUT2D eigenvalue weighted by Crippen LogP contribution is 2.40. The largest absolute Gasteiger partial charge is 0.405 e. The normalized spacial score (nSPS) is 15.4. The van der Waals surface area contributed by atoms with Gasteiger partial charge in [-0.15, -0.1) is 0 Å². The van der Waals surface area contributed by atoms with Crippen molar-refractivity contribution in [2.45, 2.75) is 103 Å². The highest BCUT2D eigenvalue weighted by Gasteiger charge is 2.54. The van der Waals surface area contributed by atoms with Crippen LogP contribution in [-0.2, 0) is 8.85 Å². The second kappa shape index (κ2) is 16.2. The first kappa shape index (κ1) is 39.9. The summed E-state index contributed by atoms with van der Waals surface area (Å²) >= 11 is 0. The van der Waals surface area contributed by atoms with Crippen LogP contribution in [0.5, 0.6) is 0 Å². The molecule has 0 heterocycles. The summed E-state index contributed by atoms with van der Waals surface area (Å²) in [6.45, 7) is 22.3. The molecule has 0 bridgehead atoms. The van der Waals surface area contributed by atoms with Crippen molar-refractivity contribution in [3.63, 3.8) is 0 Å². The zero-order valence-electron chi connectivity index (χ0n) is 32.0. The third-order valence-electron chi connectivity index (χ3n) is 10.1. The Morgan fingerprint density at radius 1 is 0.600 bits per heavy atom. The summed E-state index contributed by atoms with van der Waals surface area (Å²) in [5, 5.41) is 29.6. The van der Waals surface area contributed by atoms with Gasteiger partial charge in [0.05, 0.1) is 26.9 Å². The summed E-state index contributed by atoms with van der Waals surface area (Å²) in [6, 6.07) is 42.1. The van der Waals surface area contributed by atoms with E-state index in [2.05, 4.69) is 164 Å². The summed E-state index contributed by atoms with van der Waals surface area (Å²) < 4.78 is 14.9. The van der Waals surface area contributed by atoms with Gasteiger partial charge in [0.2, 0.25) is 0 Å². The lowest BCUT2D eigenvalue weighted by Gasteiger charge is -2.47. The molecule has 0 unspecified atom stereocenters. The van der Waals surface area contributed by atoms with Crippen LogP contribution in [0, 0.1) is 0 Å². The van der Waals surface area contributed by atoms with E-state index in [-0.39, 0.29) is 23.1 Å². The predicted octanol–water partition coefficient (Wildman–Crippen LogP) is 7.44. The van der Waals surface area contributed by atoms with Crippen LogP contribution >= 0.6 is 0 Å². The highest BCUT2D eigenvalue weighted by molar-refractivity contribution is 7.00. The van der Waals surface area contributed by atoms with E-state index in [4.69, 9.17) is 8.85 Å². The van der Waals surface area contributed by atoms with Crippen LogP contribution in [0.15, 0.2) is 133 Å². The van der Waals surface area contributed by atoms with Crippen LogP contribution in [0.2, 0.25) is 29.7 Å². The smallest absolute Gasteiger partial charge is 0.261 e. The number of allylic oxidation sites excluding steroid dienone is 1. The molecule has 4 nitrogen and oxygen atoms in total. The molecule has 2 N–H and O–H groups in total. The van der Waals surface area contributed by atoms with Gasteiger partial charge in [-0.2, -0.15) is 0 Å². The fourth-order valence-electron chi connectivity index (χ4n) is 7.75. The van der Waals surface area contributed by atoms with Gasteiger partial charge >= 0.3 is 0 Å². The van der Waals surface area contributed by atoms with Gasteiger partial charge in [-0.1, -0.05) is 194 Å². The van der Waals surface area contributed by atoms with E-state index < -0.39 is 43.0 Å². The minimum Gasteiger partial charge on any atom is -0.405 e. The molecule has 4 aromatic rings. The lowest BCUT2D eigenvalue weighted by atomic mass is 10.1. The summed E-state index contributed by atoms with van der Waals surface area (Å²) in [5.41, 5.74) is 0. The number of hydrogen-bond acceptors (Lipinski definition) is 4. The minimum atomic E-state index is -3.10. The third kappa shape index (κ3) is 8.42. The maximum Gasteiger partial charge on any atom is 0.261 e. The van der Waals surface area contributed by atoms with Gasteiger partial charge in [0.15, 0.2) is 0 Å². The summed E-state index contributed by atoms with van der Waals surface area (Å²) in [7, 11) is -7.92. The molecule has 4 aromatic carbocycles. The Hall–Kier alpha value is -2.89. The van der Waals surface area contributed by atoms with Gasteiger partial charge in [-0.25, -0.2) is 0 Å². The Labute approximate surface area is 305 Å². The topological polar surface area (TPSA) is 58.9 Å². The van der Waals surface area contributed by atoms with Crippen molar-refractivity contribution in [2.75, 3.05) is 6.61 Å². The minimum absolute atomic E-state index is 0.0704. The van der Waals surface area contributed by atoms with Crippen LogP contribution in [-0.4, -0.2) is 59.8 Å². The Morgan fingerprint density at radius 2 is 0.940 bits per heavy atom. The van der Waals surface area contributed by atoms with Crippen LogP contribution < -0.4 is 20.7 Å². The molecule has 0 fully saturated rings. The average Bonchev–Trinajstić information content (AvgIpc) is 3.07. The van der Waals surface area contributed by atoms with Crippen LogP contribution in [0.25, 0.3) is 0 Å². The van der Waals surface area contributed by atoms with Gasteiger partial charge in [-0.05, 0) is 37.7 Å². The van der Waals surface area contributed by atoms with Crippen LogP contribution in [0.4, 0.5) is 0 Å². The van der Waals surface area contributed by atoms with E-state index >= 15 is 0 Å². The summed E-state index contributed by atoms with van der Waals surface area (Å²) in [6.07, 6.45) is -0.132. The number of rotatable bonds is 14. The Bertz CT molecular complexity index is 1560. The van der Waals surface area contributed by atoms with E-state index in [1.54, 1.807) is 0 Å². The van der Waals surface area contributed by atoms with Crippen molar-refractivity contribution in [2.24, 2.45) is 0 Å². The molecule has 0 aliphatic rings. The van der Waals surface area contributed by atoms with E-state index in [0.717, 1.165) is 25.9 Å². The number of benzene rings is 4. The summed E-state index contributed by atoms with van der Waals surface area (Å²) in [4.78, 5) is 0. The maximum absolute atomic E-state index is 12.5. The third-order valence-corrected chi connectivity index (χ3v) is 22.5. The Kier molecular flexibility index (Phi) is 12.9. The van der Waals surface area contributed by atoms with E-state index in [9.17, 15) is 10.2 Å². The van der Waals surface area contributed by atoms with E-state index in [1.165, 1.54) is 0 Å². The van der Waals surface area contributed by atoms with Gasteiger partial charge in [0.25, 0.3) is 16.6 Å². The van der Waals surface area contributed by atoms with Gasteiger partial charge in [0, 0.05) is 6.42 Å². The predicted molar refractivity (Wildman–Crippen MR) is 220 cm³/mol. The molecule has 0 amide bonds. The zero-order valence-corrected chi connectivity index (χ0v) is 35.0. The molecule has 4 rings (SSSR count). The second-order valence-corrected chi connectivity index (χ2v) is 30.2. The van der Waals surface area contributed by atoms with Gasteiger partial charge in [0.1, 0.15) is 6.10 Å². The highest BCUT2D eigenvalue weighted by atomic mass is 28.4. The first-order valence-corrected chi connectivity index (χ1v) is 25.4. The fraction of sp³-hybridized carbons (Fsp3) is 0.395. The molecule has 0 spiro atoms. The SMILES string of the molecule is C/C=C(/[C@H](O)C[C@H](O[Si](c1ccccc1)(c1ccccc1)C(C)(C)C)[C@H](O)CO[Si](c1ccccc1)(c1ccccc1)C(C)(C)C)[Si](C)(C)C. The molecule has 0 aliphatic carbocycles. The Balaban J connectivity index is 1.88. The van der Waals surface area contributed by atoms with Gasteiger partial charge in [-0.3, -0.25) is 0 Å². The average molecular weight is 725 g/mol. The molecule has 0 saturated carbocycles. The molecule has 0 radical (unpaired) electrons. The first-order chi connectivity index (χ1) is 23.5. The van der Waals surface area contributed by atoms with E-state index in [1.807, 2.05) is 31.2 Å². The van der Waals surface area contributed by atoms with E-state index in [0.29, 0.717) is 0 Å². The monoisotopic (exact) mass is 724 g/mol. The molecule has 268 valence electrons. The van der Waals surface area contributed by atoms with Crippen LogP contribution in [0.1, 0.15) is 54.9 Å². The molecule has 0 aliphatic heterocycles. The van der Waals surface area contributed by atoms with Crippen molar-refractivity contribution >= 4 is 45.5 Å². The summed E-state index contributed by atoms with van der Waals surface area (Å²) in [5.74, 6) is 0. The second-order valence-electron chi connectivity index (χ2n) is 16.6. The number of aliphatic hydroxyl groups is 2. The zero-order chi connectivity index (χ0) is 36.8. The Morgan fingerprint density at radius 3 is 1.24 bits per heavy atom. The molecule has 3 atom stereocenters. The van der Waals surface area contributed by atoms with Crippen molar-refractivity contribution in [3.05, 3.63) is 133 Å². The van der Waals surface area contributed by atoms with Crippen molar-refractivity contribution in [1.82, 2.24) is 0 Å². The quantitative estimate of drug-likeness (QED) is 0.133.